The average Bonchev–Trinajstić information content (AvgIpc) is 2.97. The molecule has 0 saturated carbocycles. The SMILES string of the molecule is Cc1cc(Cl)ccc1NC(=O)COC(=O)[C@@H](CC(C)C)N1C(=O)c2ccccc2C1=O. The molecule has 1 atom stereocenters. The van der Waals surface area contributed by atoms with Crippen LogP contribution in [-0.2, 0) is 14.3 Å². The number of ether oxygens (including phenoxy) is 1. The van der Waals surface area contributed by atoms with Gasteiger partial charge in [0.05, 0.1) is 11.1 Å². The van der Waals surface area contributed by atoms with E-state index in [0.717, 1.165) is 10.5 Å². The standard InChI is InChI=1S/C23H23ClN2O5/c1-13(2)10-19(26-21(28)16-6-4-5-7-17(16)22(26)29)23(30)31-12-20(27)25-18-9-8-15(24)11-14(18)3/h4-9,11,13,19H,10,12H2,1-3H3,(H,25,27)/t19-/m1/s1. The highest BCUT2D eigenvalue weighted by Crippen LogP contribution is 2.27. The second-order valence-corrected chi connectivity index (χ2v) is 8.22. The fourth-order valence-corrected chi connectivity index (χ4v) is 3.66. The molecule has 1 aliphatic rings. The Morgan fingerprint density at radius 1 is 1.06 bits per heavy atom. The smallest absolute Gasteiger partial charge is 0.329 e. The molecular formula is C23H23ClN2O5. The number of nitrogens with zero attached hydrogens (tertiary/aromatic N) is 1. The predicted molar refractivity (Wildman–Crippen MR) is 116 cm³/mol. The van der Waals surface area contributed by atoms with Crippen LogP contribution in [0.3, 0.4) is 0 Å². The van der Waals surface area contributed by atoms with E-state index in [1.807, 2.05) is 13.8 Å². The maximum atomic E-state index is 12.8. The van der Waals surface area contributed by atoms with Crippen molar-refractivity contribution in [1.29, 1.82) is 0 Å². The highest BCUT2D eigenvalue weighted by Gasteiger charge is 2.43. The van der Waals surface area contributed by atoms with Crippen molar-refractivity contribution < 1.29 is 23.9 Å². The number of hydrogen-bond donors (Lipinski definition) is 1. The Morgan fingerprint density at radius 3 is 2.23 bits per heavy atom. The van der Waals surface area contributed by atoms with Gasteiger partial charge in [0.25, 0.3) is 17.7 Å². The minimum Gasteiger partial charge on any atom is -0.454 e. The molecule has 0 radical (unpaired) electrons. The van der Waals surface area contributed by atoms with Crippen LogP contribution in [-0.4, -0.2) is 41.2 Å². The van der Waals surface area contributed by atoms with Gasteiger partial charge in [0.15, 0.2) is 6.61 Å². The number of imide groups is 1. The number of fused-ring (bicyclic) bond motifs is 1. The Bertz CT molecular complexity index is 1020. The van der Waals surface area contributed by atoms with Gasteiger partial charge in [-0.15, -0.1) is 0 Å². The van der Waals surface area contributed by atoms with Gasteiger partial charge in [-0.1, -0.05) is 37.6 Å². The maximum Gasteiger partial charge on any atom is 0.329 e. The summed E-state index contributed by atoms with van der Waals surface area (Å²) in [6, 6.07) is 10.3. The average molecular weight is 443 g/mol. The monoisotopic (exact) mass is 442 g/mol. The fraction of sp³-hybridized carbons (Fsp3) is 0.304. The third-order valence-electron chi connectivity index (χ3n) is 4.91. The number of rotatable bonds is 7. The zero-order valence-corrected chi connectivity index (χ0v) is 18.2. The van der Waals surface area contributed by atoms with Crippen LogP contribution in [0.15, 0.2) is 42.5 Å². The van der Waals surface area contributed by atoms with Gasteiger partial charge in [0.1, 0.15) is 6.04 Å². The Hall–Kier alpha value is -3.19. The molecule has 0 aromatic heterocycles. The fourth-order valence-electron chi connectivity index (χ4n) is 3.43. The maximum absolute atomic E-state index is 12.8. The van der Waals surface area contributed by atoms with E-state index in [0.29, 0.717) is 10.7 Å². The van der Waals surface area contributed by atoms with E-state index in [-0.39, 0.29) is 23.5 Å². The lowest BCUT2D eigenvalue weighted by Crippen LogP contribution is -2.46. The number of hydrogen-bond acceptors (Lipinski definition) is 5. The first kappa shape index (κ1) is 22.5. The molecule has 0 aliphatic carbocycles. The van der Waals surface area contributed by atoms with Crippen molar-refractivity contribution in [3.63, 3.8) is 0 Å². The van der Waals surface area contributed by atoms with Gasteiger partial charge in [0.2, 0.25) is 0 Å². The van der Waals surface area contributed by atoms with E-state index in [4.69, 9.17) is 16.3 Å². The largest absolute Gasteiger partial charge is 0.454 e. The van der Waals surface area contributed by atoms with E-state index in [9.17, 15) is 19.2 Å². The van der Waals surface area contributed by atoms with E-state index < -0.39 is 36.3 Å². The van der Waals surface area contributed by atoms with Gasteiger partial charge >= 0.3 is 5.97 Å². The van der Waals surface area contributed by atoms with Gasteiger partial charge in [-0.05, 0) is 55.2 Å². The zero-order valence-electron chi connectivity index (χ0n) is 17.5. The topological polar surface area (TPSA) is 92.8 Å². The van der Waals surface area contributed by atoms with Gasteiger partial charge < -0.3 is 10.1 Å². The first-order valence-corrected chi connectivity index (χ1v) is 10.3. The number of amides is 3. The number of anilines is 1. The van der Waals surface area contributed by atoms with E-state index in [2.05, 4.69) is 5.32 Å². The van der Waals surface area contributed by atoms with Crippen LogP contribution in [0.2, 0.25) is 5.02 Å². The summed E-state index contributed by atoms with van der Waals surface area (Å²) in [5, 5.41) is 3.19. The lowest BCUT2D eigenvalue weighted by molar-refractivity contribution is -0.151. The molecule has 0 fully saturated rings. The van der Waals surface area contributed by atoms with Gasteiger partial charge in [-0.25, -0.2) is 4.79 Å². The van der Waals surface area contributed by atoms with E-state index >= 15 is 0 Å². The molecule has 0 saturated heterocycles. The summed E-state index contributed by atoms with van der Waals surface area (Å²) in [6.45, 7) is 4.98. The second kappa shape index (κ2) is 9.31. The Balaban J connectivity index is 1.70. The van der Waals surface area contributed by atoms with Gasteiger partial charge in [-0.3, -0.25) is 19.3 Å². The summed E-state index contributed by atoms with van der Waals surface area (Å²) < 4.78 is 5.19. The van der Waals surface area contributed by atoms with Crippen molar-refractivity contribution in [2.75, 3.05) is 11.9 Å². The van der Waals surface area contributed by atoms with Crippen LogP contribution < -0.4 is 5.32 Å². The van der Waals surface area contributed by atoms with Gasteiger partial charge in [0, 0.05) is 10.7 Å². The van der Waals surface area contributed by atoms with Crippen molar-refractivity contribution in [2.45, 2.75) is 33.2 Å². The Kier molecular flexibility index (Phi) is 6.75. The van der Waals surface area contributed by atoms with Crippen LogP contribution in [0.1, 0.15) is 46.5 Å². The van der Waals surface area contributed by atoms with Crippen LogP contribution in [0.4, 0.5) is 5.69 Å². The minimum absolute atomic E-state index is 0.00686. The Labute approximate surface area is 185 Å². The first-order chi connectivity index (χ1) is 14.7. The third-order valence-corrected chi connectivity index (χ3v) is 5.15. The number of halogens is 1. The molecule has 1 heterocycles. The number of carbonyl (C=O) groups is 4. The van der Waals surface area contributed by atoms with Crippen LogP contribution >= 0.6 is 11.6 Å². The molecule has 3 rings (SSSR count). The zero-order chi connectivity index (χ0) is 22.7. The lowest BCUT2D eigenvalue weighted by Gasteiger charge is -2.25. The number of esters is 1. The summed E-state index contributed by atoms with van der Waals surface area (Å²) in [7, 11) is 0. The first-order valence-electron chi connectivity index (χ1n) is 9.88. The number of benzene rings is 2. The number of nitrogens with one attached hydrogen (secondary N) is 1. The Morgan fingerprint density at radius 2 is 1.68 bits per heavy atom. The van der Waals surface area contributed by atoms with Crippen molar-refractivity contribution in [3.05, 3.63) is 64.2 Å². The predicted octanol–water partition coefficient (Wildman–Crippen LogP) is 3.84. The molecule has 8 heteroatoms. The quantitative estimate of drug-likeness (QED) is 0.519. The molecule has 2 aromatic carbocycles. The van der Waals surface area contributed by atoms with Gasteiger partial charge in [-0.2, -0.15) is 0 Å². The van der Waals surface area contributed by atoms with Crippen molar-refractivity contribution in [1.82, 2.24) is 4.90 Å². The summed E-state index contributed by atoms with van der Waals surface area (Å²) in [5.74, 6) is -2.41. The molecule has 1 aliphatic heterocycles. The number of aryl methyl sites for hydroxylation is 1. The molecule has 3 amide bonds. The normalized spacial score (nSPS) is 13.9. The second-order valence-electron chi connectivity index (χ2n) is 7.79. The lowest BCUT2D eigenvalue weighted by atomic mass is 10.0. The highest BCUT2D eigenvalue weighted by molar-refractivity contribution is 6.30. The summed E-state index contributed by atoms with van der Waals surface area (Å²) in [4.78, 5) is 51.6. The third kappa shape index (κ3) is 4.94. The molecule has 162 valence electrons. The number of carbonyl (C=O) groups excluding carboxylic acids is 4. The molecular weight excluding hydrogens is 420 g/mol. The van der Waals surface area contributed by atoms with Crippen LogP contribution in [0.25, 0.3) is 0 Å². The summed E-state index contributed by atoms with van der Waals surface area (Å²) in [6.07, 6.45) is 0.224. The minimum atomic E-state index is -1.11. The molecule has 0 spiro atoms. The molecule has 0 bridgehead atoms. The molecule has 1 N–H and O–H groups in total. The van der Waals surface area contributed by atoms with Crippen molar-refractivity contribution in [2.24, 2.45) is 5.92 Å². The molecule has 7 nitrogen and oxygen atoms in total. The molecule has 2 aromatic rings. The van der Waals surface area contributed by atoms with Crippen LogP contribution in [0, 0.1) is 12.8 Å². The van der Waals surface area contributed by atoms with E-state index in [1.165, 1.54) is 0 Å². The van der Waals surface area contributed by atoms with Crippen molar-refractivity contribution in [3.8, 4) is 0 Å². The van der Waals surface area contributed by atoms with E-state index in [1.54, 1.807) is 49.4 Å². The molecule has 31 heavy (non-hydrogen) atoms. The highest BCUT2D eigenvalue weighted by atomic mass is 35.5. The van der Waals surface area contributed by atoms with Crippen LogP contribution in [0.5, 0.6) is 0 Å². The molecule has 0 unspecified atom stereocenters. The summed E-state index contributed by atoms with van der Waals surface area (Å²) >= 11 is 5.91. The van der Waals surface area contributed by atoms with Crippen molar-refractivity contribution >= 4 is 41.0 Å². The summed E-state index contributed by atoms with van der Waals surface area (Å²) in [5.41, 5.74) is 1.82.